The van der Waals surface area contributed by atoms with Crippen molar-refractivity contribution in [2.45, 2.75) is 37.7 Å². The maximum Gasteiger partial charge on any atom is 0.310 e. The van der Waals surface area contributed by atoms with Crippen LogP contribution < -0.4 is 0 Å². The Hall–Kier alpha value is -0.960. The van der Waals surface area contributed by atoms with Crippen molar-refractivity contribution < 1.29 is 9.53 Å². The van der Waals surface area contributed by atoms with Gasteiger partial charge in [0.05, 0.1) is 6.42 Å². The fraction of sp³-hybridized carbons (Fsp3) is 0.462. The van der Waals surface area contributed by atoms with E-state index in [9.17, 15) is 4.79 Å². The Morgan fingerprint density at radius 1 is 1.38 bits per heavy atom. The molecule has 0 N–H and O–H groups in total. The van der Waals surface area contributed by atoms with Crippen LogP contribution in [0.1, 0.15) is 26.3 Å². The number of hydrogen-bond acceptors (Lipinski definition) is 3. The lowest BCUT2D eigenvalue weighted by Crippen LogP contribution is -2.24. The quantitative estimate of drug-likeness (QED) is 0.597. The molecule has 2 nitrogen and oxygen atoms in total. The van der Waals surface area contributed by atoms with E-state index in [4.69, 9.17) is 4.74 Å². The monoisotopic (exact) mass is 238 g/mol. The van der Waals surface area contributed by atoms with Gasteiger partial charge in [-0.15, -0.1) is 11.8 Å². The lowest BCUT2D eigenvalue weighted by molar-refractivity contribution is -0.153. The first-order valence-corrected chi connectivity index (χ1v) is 6.48. The molecule has 0 saturated carbocycles. The van der Waals surface area contributed by atoms with Gasteiger partial charge in [-0.3, -0.25) is 4.79 Å². The van der Waals surface area contributed by atoms with Gasteiger partial charge in [0.25, 0.3) is 0 Å². The molecule has 0 fully saturated rings. The minimum atomic E-state index is -0.409. The zero-order chi connectivity index (χ0) is 12.2. The minimum Gasteiger partial charge on any atom is -0.460 e. The van der Waals surface area contributed by atoms with Crippen molar-refractivity contribution in [1.82, 2.24) is 0 Å². The van der Waals surface area contributed by atoms with Gasteiger partial charge in [-0.1, -0.05) is 12.1 Å². The molecule has 1 aromatic carbocycles. The molecular weight excluding hydrogens is 220 g/mol. The lowest BCUT2D eigenvalue weighted by atomic mass is 10.1. The van der Waals surface area contributed by atoms with E-state index in [-0.39, 0.29) is 5.97 Å². The summed E-state index contributed by atoms with van der Waals surface area (Å²) >= 11 is 1.67. The van der Waals surface area contributed by atoms with Crippen molar-refractivity contribution in [2.24, 2.45) is 0 Å². The zero-order valence-electron chi connectivity index (χ0n) is 10.2. The molecule has 0 aliphatic carbocycles. The molecule has 0 unspecified atom stereocenters. The van der Waals surface area contributed by atoms with Crippen molar-refractivity contribution in [3.05, 3.63) is 29.8 Å². The van der Waals surface area contributed by atoms with Crippen molar-refractivity contribution in [3.8, 4) is 0 Å². The van der Waals surface area contributed by atoms with Crippen LogP contribution >= 0.6 is 11.8 Å². The van der Waals surface area contributed by atoms with Crippen LogP contribution in [0.2, 0.25) is 0 Å². The Kier molecular flexibility index (Phi) is 4.42. The van der Waals surface area contributed by atoms with E-state index in [1.165, 1.54) is 4.90 Å². The third-order valence-electron chi connectivity index (χ3n) is 1.90. The number of esters is 1. The fourth-order valence-corrected chi connectivity index (χ4v) is 1.81. The average Bonchev–Trinajstić information content (AvgIpc) is 2.15. The zero-order valence-corrected chi connectivity index (χ0v) is 11.1. The first kappa shape index (κ1) is 13.1. The number of hydrogen-bond donors (Lipinski definition) is 0. The number of carbonyl (C=O) groups excluding carboxylic acids is 1. The molecule has 0 spiro atoms. The van der Waals surface area contributed by atoms with Gasteiger partial charge in [0.2, 0.25) is 0 Å². The highest BCUT2D eigenvalue weighted by molar-refractivity contribution is 7.98. The summed E-state index contributed by atoms with van der Waals surface area (Å²) in [6, 6.07) is 7.97. The highest BCUT2D eigenvalue weighted by Crippen LogP contribution is 2.17. The summed E-state index contributed by atoms with van der Waals surface area (Å²) in [5.41, 5.74) is 0.592. The summed E-state index contributed by atoms with van der Waals surface area (Å²) in [4.78, 5) is 12.8. The van der Waals surface area contributed by atoms with Gasteiger partial charge in [-0.05, 0) is 44.7 Å². The van der Waals surface area contributed by atoms with Gasteiger partial charge in [-0.2, -0.15) is 0 Å². The Labute approximate surface area is 101 Å². The van der Waals surface area contributed by atoms with Crippen LogP contribution in [0, 0.1) is 0 Å². The number of thioether (sulfide) groups is 1. The van der Waals surface area contributed by atoms with E-state index in [0.717, 1.165) is 5.56 Å². The minimum absolute atomic E-state index is 0.175. The molecule has 0 saturated heterocycles. The van der Waals surface area contributed by atoms with Crippen molar-refractivity contribution in [1.29, 1.82) is 0 Å². The van der Waals surface area contributed by atoms with E-state index >= 15 is 0 Å². The molecule has 1 aromatic rings. The summed E-state index contributed by atoms with van der Waals surface area (Å²) in [6.07, 6.45) is 2.36. The molecule has 0 bridgehead atoms. The van der Waals surface area contributed by atoms with Crippen LogP contribution in [-0.4, -0.2) is 17.8 Å². The van der Waals surface area contributed by atoms with Crippen LogP contribution in [0.4, 0.5) is 0 Å². The molecule has 0 aromatic heterocycles. The molecule has 0 heterocycles. The van der Waals surface area contributed by atoms with Crippen molar-refractivity contribution >= 4 is 17.7 Å². The molecule has 16 heavy (non-hydrogen) atoms. The molecule has 1 rings (SSSR count). The van der Waals surface area contributed by atoms with Crippen LogP contribution in [-0.2, 0) is 16.0 Å². The molecule has 0 aliphatic rings. The van der Waals surface area contributed by atoms with Gasteiger partial charge in [-0.25, -0.2) is 0 Å². The van der Waals surface area contributed by atoms with E-state index in [1.54, 1.807) is 11.8 Å². The molecule has 88 valence electrons. The highest BCUT2D eigenvalue weighted by Gasteiger charge is 2.16. The second-order valence-corrected chi connectivity index (χ2v) is 5.49. The van der Waals surface area contributed by atoms with Gasteiger partial charge in [0, 0.05) is 4.90 Å². The maximum atomic E-state index is 11.6. The number of benzene rings is 1. The Morgan fingerprint density at radius 3 is 2.62 bits per heavy atom. The summed E-state index contributed by atoms with van der Waals surface area (Å²) in [6.45, 7) is 5.63. The number of rotatable bonds is 3. The van der Waals surface area contributed by atoms with Gasteiger partial charge in [0.1, 0.15) is 5.60 Å². The highest BCUT2D eigenvalue weighted by atomic mass is 32.2. The van der Waals surface area contributed by atoms with Crippen LogP contribution in [0.5, 0.6) is 0 Å². The van der Waals surface area contributed by atoms with E-state index in [1.807, 2.05) is 51.3 Å². The lowest BCUT2D eigenvalue weighted by Gasteiger charge is -2.19. The summed E-state index contributed by atoms with van der Waals surface area (Å²) in [5, 5.41) is 0. The fourth-order valence-electron chi connectivity index (χ4n) is 1.33. The molecule has 0 atom stereocenters. The second-order valence-electron chi connectivity index (χ2n) is 4.61. The topological polar surface area (TPSA) is 26.3 Å². The van der Waals surface area contributed by atoms with E-state index in [0.29, 0.717) is 6.42 Å². The first-order chi connectivity index (χ1) is 7.40. The SMILES string of the molecule is CSc1cccc(CC(=O)OC(C)(C)C)c1. The summed E-state index contributed by atoms with van der Waals surface area (Å²) in [5.74, 6) is -0.175. The van der Waals surface area contributed by atoms with Crippen LogP contribution in [0.25, 0.3) is 0 Å². The van der Waals surface area contributed by atoms with Crippen LogP contribution in [0.3, 0.4) is 0 Å². The third-order valence-corrected chi connectivity index (χ3v) is 2.63. The predicted octanol–water partition coefficient (Wildman–Crippen LogP) is 3.29. The van der Waals surface area contributed by atoms with E-state index in [2.05, 4.69) is 0 Å². The summed E-state index contributed by atoms with van der Waals surface area (Å²) < 4.78 is 5.27. The van der Waals surface area contributed by atoms with Crippen LogP contribution in [0.15, 0.2) is 29.2 Å². The number of ether oxygens (including phenoxy) is 1. The van der Waals surface area contributed by atoms with Gasteiger partial charge in [0.15, 0.2) is 0 Å². The molecule has 3 heteroatoms. The average molecular weight is 238 g/mol. The predicted molar refractivity (Wildman–Crippen MR) is 67.8 cm³/mol. The summed E-state index contributed by atoms with van der Waals surface area (Å²) in [7, 11) is 0. The third kappa shape index (κ3) is 4.71. The largest absolute Gasteiger partial charge is 0.460 e. The first-order valence-electron chi connectivity index (χ1n) is 5.25. The second kappa shape index (κ2) is 5.39. The smallest absolute Gasteiger partial charge is 0.310 e. The van der Waals surface area contributed by atoms with Crippen molar-refractivity contribution in [3.63, 3.8) is 0 Å². The Balaban J connectivity index is 2.62. The van der Waals surface area contributed by atoms with Crippen molar-refractivity contribution in [2.75, 3.05) is 6.26 Å². The molecule has 0 amide bonds. The molecule has 0 radical (unpaired) electrons. The van der Waals surface area contributed by atoms with Gasteiger partial charge >= 0.3 is 5.97 Å². The maximum absolute atomic E-state index is 11.6. The van der Waals surface area contributed by atoms with Gasteiger partial charge < -0.3 is 4.74 Å². The standard InChI is InChI=1S/C13H18O2S/c1-13(2,3)15-12(14)9-10-6-5-7-11(8-10)16-4/h5-8H,9H2,1-4H3. The Bertz CT molecular complexity index is 366. The molecule has 0 aliphatic heterocycles. The Morgan fingerprint density at radius 2 is 2.06 bits per heavy atom. The van der Waals surface area contributed by atoms with E-state index < -0.39 is 5.60 Å². The molecular formula is C13H18O2S. The number of carbonyl (C=O) groups is 1. The normalized spacial score (nSPS) is 11.2.